The average molecular weight is 314 g/mol. The van der Waals surface area contributed by atoms with Gasteiger partial charge in [0.05, 0.1) is 0 Å². The third-order valence-corrected chi connectivity index (χ3v) is 4.20. The van der Waals surface area contributed by atoms with E-state index in [0.717, 1.165) is 16.1 Å². The Morgan fingerprint density at radius 3 is 2.52 bits per heavy atom. The Hall–Kier alpha value is -2.10. The first-order valence-electron chi connectivity index (χ1n) is 6.43. The molecule has 0 spiro atoms. The Balaban J connectivity index is 1.81. The summed E-state index contributed by atoms with van der Waals surface area (Å²) in [6.07, 6.45) is 0. The van der Waals surface area contributed by atoms with Gasteiger partial charge in [-0.3, -0.25) is 4.79 Å². The standard InChI is InChI=1S/C17H12ClNOS/c18-14-6-8-15(9-7-14)19-17(20)13-4-1-3-12(11-13)16-5-2-10-21-16/h1-11H,(H,19,20). The number of thiophene rings is 1. The molecule has 3 aromatic rings. The second-order valence-corrected chi connectivity index (χ2v) is 5.90. The molecule has 104 valence electrons. The van der Waals surface area contributed by atoms with Crippen molar-refractivity contribution in [3.63, 3.8) is 0 Å². The lowest BCUT2D eigenvalue weighted by atomic mass is 10.1. The van der Waals surface area contributed by atoms with E-state index in [2.05, 4.69) is 5.32 Å². The average Bonchev–Trinajstić information content (AvgIpc) is 3.04. The number of nitrogens with one attached hydrogen (secondary N) is 1. The number of hydrogen-bond acceptors (Lipinski definition) is 2. The molecule has 0 bridgehead atoms. The van der Waals surface area contributed by atoms with Crippen molar-refractivity contribution >= 4 is 34.5 Å². The number of benzene rings is 2. The number of halogens is 1. The number of hydrogen-bond donors (Lipinski definition) is 1. The maximum atomic E-state index is 12.3. The largest absolute Gasteiger partial charge is 0.322 e. The summed E-state index contributed by atoms with van der Waals surface area (Å²) in [7, 11) is 0. The molecule has 3 rings (SSSR count). The van der Waals surface area contributed by atoms with Crippen LogP contribution in [0.2, 0.25) is 5.02 Å². The van der Waals surface area contributed by atoms with Gasteiger partial charge in [0, 0.05) is 21.2 Å². The van der Waals surface area contributed by atoms with E-state index in [-0.39, 0.29) is 5.91 Å². The molecule has 0 saturated carbocycles. The summed E-state index contributed by atoms with van der Waals surface area (Å²) in [4.78, 5) is 13.4. The zero-order valence-electron chi connectivity index (χ0n) is 11.0. The zero-order chi connectivity index (χ0) is 14.7. The molecule has 4 heteroatoms. The van der Waals surface area contributed by atoms with Crippen molar-refractivity contribution in [1.29, 1.82) is 0 Å². The van der Waals surface area contributed by atoms with E-state index in [1.807, 2.05) is 41.8 Å². The van der Waals surface area contributed by atoms with Gasteiger partial charge in [0.15, 0.2) is 0 Å². The van der Waals surface area contributed by atoms with Crippen molar-refractivity contribution in [3.8, 4) is 10.4 Å². The molecule has 0 saturated heterocycles. The fourth-order valence-electron chi connectivity index (χ4n) is 1.99. The zero-order valence-corrected chi connectivity index (χ0v) is 12.6. The molecule has 2 aromatic carbocycles. The van der Waals surface area contributed by atoms with Crippen LogP contribution in [-0.2, 0) is 0 Å². The summed E-state index contributed by atoms with van der Waals surface area (Å²) in [6.45, 7) is 0. The molecule has 1 aromatic heterocycles. The number of carbonyl (C=O) groups excluding carboxylic acids is 1. The third-order valence-electron chi connectivity index (χ3n) is 3.03. The van der Waals surface area contributed by atoms with Gasteiger partial charge in [-0.2, -0.15) is 0 Å². The molecule has 0 atom stereocenters. The molecule has 1 heterocycles. The summed E-state index contributed by atoms with van der Waals surface area (Å²) in [6, 6.07) is 18.7. The minimum Gasteiger partial charge on any atom is -0.322 e. The molecule has 0 aliphatic carbocycles. The summed E-state index contributed by atoms with van der Waals surface area (Å²) in [5, 5.41) is 5.53. The lowest BCUT2D eigenvalue weighted by molar-refractivity contribution is 0.102. The van der Waals surface area contributed by atoms with Crippen LogP contribution in [0.4, 0.5) is 5.69 Å². The molecular weight excluding hydrogens is 302 g/mol. The molecule has 0 aliphatic heterocycles. The van der Waals surface area contributed by atoms with Crippen LogP contribution in [-0.4, -0.2) is 5.91 Å². The van der Waals surface area contributed by atoms with Crippen molar-refractivity contribution in [3.05, 3.63) is 76.6 Å². The number of rotatable bonds is 3. The Morgan fingerprint density at radius 2 is 1.81 bits per heavy atom. The SMILES string of the molecule is O=C(Nc1ccc(Cl)cc1)c1cccc(-c2cccs2)c1. The van der Waals surface area contributed by atoms with Crippen LogP contribution in [0.3, 0.4) is 0 Å². The molecule has 1 N–H and O–H groups in total. The topological polar surface area (TPSA) is 29.1 Å². The van der Waals surface area contributed by atoms with Crippen molar-refractivity contribution in [2.24, 2.45) is 0 Å². The second kappa shape index (κ2) is 6.12. The van der Waals surface area contributed by atoms with E-state index in [0.29, 0.717) is 10.6 Å². The van der Waals surface area contributed by atoms with Gasteiger partial charge in [0.1, 0.15) is 0 Å². The van der Waals surface area contributed by atoms with Crippen molar-refractivity contribution in [2.75, 3.05) is 5.32 Å². The van der Waals surface area contributed by atoms with Crippen LogP contribution in [0.5, 0.6) is 0 Å². The van der Waals surface area contributed by atoms with Crippen LogP contribution in [0.15, 0.2) is 66.0 Å². The van der Waals surface area contributed by atoms with Crippen LogP contribution < -0.4 is 5.32 Å². The van der Waals surface area contributed by atoms with E-state index in [4.69, 9.17) is 11.6 Å². The molecule has 2 nitrogen and oxygen atoms in total. The maximum Gasteiger partial charge on any atom is 0.255 e. The lowest BCUT2D eigenvalue weighted by Gasteiger charge is -2.06. The highest BCUT2D eigenvalue weighted by molar-refractivity contribution is 7.13. The first-order chi connectivity index (χ1) is 10.2. The fraction of sp³-hybridized carbons (Fsp3) is 0. The van der Waals surface area contributed by atoms with Gasteiger partial charge in [-0.1, -0.05) is 29.8 Å². The predicted molar refractivity (Wildman–Crippen MR) is 89.2 cm³/mol. The summed E-state index contributed by atoms with van der Waals surface area (Å²) < 4.78 is 0. The molecule has 21 heavy (non-hydrogen) atoms. The quantitative estimate of drug-likeness (QED) is 0.696. The van der Waals surface area contributed by atoms with Gasteiger partial charge in [-0.15, -0.1) is 11.3 Å². The normalized spacial score (nSPS) is 10.3. The highest BCUT2D eigenvalue weighted by atomic mass is 35.5. The summed E-state index contributed by atoms with van der Waals surface area (Å²) in [5.41, 5.74) is 2.41. The monoisotopic (exact) mass is 313 g/mol. The van der Waals surface area contributed by atoms with Crippen molar-refractivity contribution in [2.45, 2.75) is 0 Å². The van der Waals surface area contributed by atoms with E-state index < -0.39 is 0 Å². The fourth-order valence-corrected chi connectivity index (χ4v) is 2.84. The summed E-state index contributed by atoms with van der Waals surface area (Å²) >= 11 is 7.49. The highest BCUT2D eigenvalue weighted by Crippen LogP contribution is 2.25. The van der Waals surface area contributed by atoms with Crippen LogP contribution in [0.1, 0.15) is 10.4 Å². The van der Waals surface area contributed by atoms with E-state index in [1.165, 1.54) is 0 Å². The van der Waals surface area contributed by atoms with Gasteiger partial charge >= 0.3 is 0 Å². The minimum atomic E-state index is -0.129. The van der Waals surface area contributed by atoms with E-state index >= 15 is 0 Å². The van der Waals surface area contributed by atoms with Gasteiger partial charge in [0.25, 0.3) is 5.91 Å². The minimum absolute atomic E-state index is 0.129. The van der Waals surface area contributed by atoms with E-state index in [9.17, 15) is 4.79 Å². The second-order valence-electron chi connectivity index (χ2n) is 4.52. The highest BCUT2D eigenvalue weighted by Gasteiger charge is 2.08. The van der Waals surface area contributed by atoms with Gasteiger partial charge in [0.2, 0.25) is 0 Å². The Bertz CT molecular complexity index is 751. The number of carbonyl (C=O) groups is 1. The first kappa shape index (κ1) is 13.9. The van der Waals surface area contributed by atoms with Crippen molar-refractivity contribution < 1.29 is 4.79 Å². The Morgan fingerprint density at radius 1 is 1.00 bits per heavy atom. The molecule has 0 unspecified atom stereocenters. The van der Waals surface area contributed by atoms with Gasteiger partial charge in [-0.05, 0) is 53.4 Å². The Labute approximate surface area is 132 Å². The van der Waals surface area contributed by atoms with Crippen LogP contribution in [0.25, 0.3) is 10.4 Å². The predicted octanol–water partition coefficient (Wildman–Crippen LogP) is 5.32. The molecule has 0 fully saturated rings. The number of anilines is 1. The third kappa shape index (κ3) is 3.32. The summed E-state index contributed by atoms with van der Waals surface area (Å²) in [5.74, 6) is -0.129. The smallest absolute Gasteiger partial charge is 0.255 e. The van der Waals surface area contributed by atoms with Gasteiger partial charge < -0.3 is 5.32 Å². The van der Waals surface area contributed by atoms with Gasteiger partial charge in [-0.25, -0.2) is 0 Å². The Kier molecular flexibility index (Phi) is 4.04. The molecule has 0 radical (unpaired) electrons. The first-order valence-corrected chi connectivity index (χ1v) is 7.69. The van der Waals surface area contributed by atoms with Crippen molar-refractivity contribution in [1.82, 2.24) is 0 Å². The maximum absolute atomic E-state index is 12.3. The number of amides is 1. The molecule has 0 aliphatic rings. The van der Waals surface area contributed by atoms with Crippen LogP contribution >= 0.6 is 22.9 Å². The molecule has 1 amide bonds. The lowest BCUT2D eigenvalue weighted by Crippen LogP contribution is -2.11. The molecular formula is C17H12ClNOS. The van der Waals surface area contributed by atoms with Crippen LogP contribution in [0, 0.1) is 0 Å². The van der Waals surface area contributed by atoms with E-state index in [1.54, 1.807) is 35.6 Å².